The minimum absolute atomic E-state index is 0.269. The second-order valence-electron chi connectivity index (χ2n) is 4.95. The molecular formula is C15H25NO. The van der Waals surface area contributed by atoms with E-state index in [4.69, 9.17) is 10.5 Å². The number of hydrogen-bond acceptors (Lipinski definition) is 2. The van der Waals surface area contributed by atoms with Crippen molar-refractivity contribution in [2.45, 2.75) is 39.2 Å². The molecule has 0 spiro atoms. The number of aryl methyl sites for hydroxylation is 2. The lowest BCUT2D eigenvalue weighted by molar-refractivity contribution is 0.173. The molecule has 0 saturated heterocycles. The molecule has 0 aliphatic heterocycles. The number of hydrogen-bond donors (Lipinski definition) is 1. The van der Waals surface area contributed by atoms with Crippen LogP contribution in [0.5, 0.6) is 0 Å². The summed E-state index contributed by atoms with van der Waals surface area (Å²) >= 11 is 0. The van der Waals surface area contributed by atoms with Gasteiger partial charge in [-0.25, -0.2) is 0 Å². The first-order chi connectivity index (χ1) is 8.13. The van der Waals surface area contributed by atoms with Crippen molar-refractivity contribution in [3.05, 3.63) is 35.4 Å². The van der Waals surface area contributed by atoms with Gasteiger partial charge in [0.05, 0.1) is 0 Å². The van der Waals surface area contributed by atoms with Crippen LogP contribution < -0.4 is 5.73 Å². The SMILES string of the molecule is COCCC(C)C(N)CCc1cccc(C)c1. The Kier molecular flexibility index (Phi) is 6.23. The van der Waals surface area contributed by atoms with E-state index in [-0.39, 0.29) is 6.04 Å². The molecule has 0 radical (unpaired) electrons. The Labute approximate surface area is 105 Å². The average Bonchev–Trinajstić information content (AvgIpc) is 2.33. The number of rotatable bonds is 7. The maximum atomic E-state index is 6.19. The topological polar surface area (TPSA) is 35.2 Å². The minimum Gasteiger partial charge on any atom is -0.385 e. The minimum atomic E-state index is 0.269. The van der Waals surface area contributed by atoms with E-state index in [9.17, 15) is 0 Å². The molecular weight excluding hydrogens is 210 g/mol. The first-order valence-corrected chi connectivity index (χ1v) is 6.43. The van der Waals surface area contributed by atoms with Crippen LogP contribution in [0.2, 0.25) is 0 Å². The molecule has 2 heteroatoms. The fraction of sp³-hybridized carbons (Fsp3) is 0.600. The Morgan fingerprint density at radius 3 is 2.71 bits per heavy atom. The van der Waals surface area contributed by atoms with Crippen molar-refractivity contribution < 1.29 is 4.74 Å². The second-order valence-corrected chi connectivity index (χ2v) is 4.95. The van der Waals surface area contributed by atoms with Gasteiger partial charge in [0.15, 0.2) is 0 Å². The molecule has 0 fully saturated rings. The van der Waals surface area contributed by atoms with Crippen LogP contribution in [0.3, 0.4) is 0 Å². The van der Waals surface area contributed by atoms with E-state index in [1.54, 1.807) is 7.11 Å². The Morgan fingerprint density at radius 1 is 1.29 bits per heavy atom. The second kappa shape index (κ2) is 7.46. The van der Waals surface area contributed by atoms with E-state index in [1.807, 2.05) is 0 Å². The summed E-state index contributed by atoms with van der Waals surface area (Å²) in [5, 5.41) is 0. The van der Waals surface area contributed by atoms with Crippen LogP contribution in [0.25, 0.3) is 0 Å². The molecule has 1 aromatic rings. The third kappa shape index (κ3) is 5.33. The predicted octanol–water partition coefficient (Wildman–Crippen LogP) is 2.93. The molecule has 1 aromatic carbocycles. The fourth-order valence-corrected chi connectivity index (χ4v) is 2.00. The molecule has 2 unspecified atom stereocenters. The van der Waals surface area contributed by atoms with E-state index >= 15 is 0 Å². The predicted molar refractivity (Wildman–Crippen MR) is 73.1 cm³/mol. The van der Waals surface area contributed by atoms with Crippen LogP contribution in [0.15, 0.2) is 24.3 Å². The van der Waals surface area contributed by atoms with Crippen LogP contribution in [0.1, 0.15) is 30.9 Å². The molecule has 2 N–H and O–H groups in total. The molecule has 1 rings (SSSR count). The number of nitrogens with two attached hydrogens (primary N) is 1. The Morgan fingerprint density at radius 2 is 2.06 bits per heavy atom. The Balaban J connectivity index is 2.34. The average molecular weight is 235 g/mol. The molecule has 96 valence electrons. The standard InChI is InChI=1S/C15H25NO/c1-12-5-4-6-14(11-12)7-8-15(16)13(2)9-10-17-3/h4-6,11,13,15H,7-10,16H2,1-3H3. The van der Waals surface area contributed by atoms with E-state index in [1.165, 1.54) is 11.1 Å². The summed E-state index contributed by atoms with van der Waals surface area (Å²) in [5.74, 6) is 0.528. The van der Waals surface area contributed by atoms with Crippen molar-refractivity contribution in [3.8, 4) is 0 Å². The highest BCUT2D eigenvalue weighted by molar-refractivity contribution is 5.22. The normalized spacial score (nSPS) is 14.6. The van der Waals surface area contributed by atoms with Crippen molar-refractivity contribution >= 4 is 0 Å². The monoisotopic (exact) mass is 235 g/mol. The van der Waals surface area contributed by atoms with Gasteiger partial charge >= 0.3 is 0 Å². The first kappa shape index (κ1) is 14.2. The smallest absolute Gasteiger partial charge is 0.0465 e. The van der Waals surface area contributed by atoms with Crippen LogP contribution in [0, 0.1) is 12.8 Å². The van der Waals surface area contributed by atoms with Crippen LogP contribution in [-0.4, -0.2) is 19.8 Å². The van der Waals surface area contributed by atoms with Crippen molar-refractivity contribution in [2.75, 3.05) is 13.7 Å². The first-order valence-electron chi connectivity index (χ1n) is 6.43. The molecule has 17 heavy (non-hydrogen) atoms. The zero-order chi connectivity index (χ0) is 12.7. The molecule has 0 aliphatic rings. The van der Waals surface area contributed by atoms with Crippen molar-refractivity contribution in [1.82, 2.24) is 0 Å². The maximum Gasteiger partial charge on any atom is 0.0465 e. The van der Waals surface area contributed by atoms with Crippen LogP contribution >= 0.6 is 0 Å². The van der Waals surface area contributed by atoms with Crippen LogP contribution in [-0.2, 0) is 11.2 Å². The molecule has 0 heterocycles. The quantitative estimate of drug-likeness (QED) is 0.788. The van der Waals surface area contributed by atoms with Crippen LogP contribution in [0.4, 0.5) is 0 Å². The molecule has 2 atom stereocenters. The van der Waals surface area contributed by atoms with Crippen molar-refractivity contribution in [1.29, 1.82) is 0 Å². The van der Waals surface area contributed by atoms with Gasteiger partial charge in [-0.15, -0.1) is 0 Å². The molecule has 0 saturated carbocycles. The lowest BCUT2D eigenvalue weighted by Gasteiger charge is -2.19. The number of benzene rings is 1. The zero-order valence-corrected chi connectivity index (χ0v) is 11.3. The summed E-state index contributed by atoms with van der Waals surface area (Å²) in [6.45, 7) is 5.14. The van der Waals surface area contributed by atoms with Gasteiger partial charge in [0.1, 0.15) is 0 Å². The summed E-state index contributed by atoms with van der Waals surface area (Å²) in [7, 11) is 1.74. The lowest BCUT2D eigenvalue weighted by Crippen LogP contribution is -2.29. The summed E-state index contributed by atoms with van der Waals surface area (Å²) in [6.07, 6.45) is 3.17. The van der Waals surface area contributed by atoms with Gasteiger partial charge in [0.25, 0.3) is 0 Å². The Hall–Kier alpha value is -0.860. The highest BCUT2D eigenvalue weighted by atomic mass is 16.5. The number of methoxy groups -OCH3 is 1. The van der Waals surface area contributed by atoms with Gasteiger partial charge < -0.3 is 10.5 Å². The summed E-state index contributed by atoms with van der Waals surface area (Å²) in [5.41, 5.74) is 8.90. The third-order valence-electron chi connectivity index (χ3n) is 3.36. The number of ether oxygens (including phenoxy) is 1. The van der Waals surface area contributed by atoms with E-state index in [0.717, 1.165) is 25.9 Å². The van der Waals surface area contributed by atoms with Crippen molar-refractivity contribution in [2.24, 2.45) is 11.7 Å². The van der Waals surface area contributed by atoms with Gasteiger partial charge in [-0.1, -0.05) is 36.8 Å². The molecule has 0 bridgehead atoms. The van der Waals surface area contributed by atoms with E-state index in [0.29, 0.717) is 5.92 Å². The van der Waals surface area contributed by atoms with Gasteiger partial charge in [-0.3, -0.25) is 0 Å². The molecule has 0 aliphatic carbocycles. The van der Waals surface area contributed by atoms with Gasteiger partial charge in [-0.05, 0) is 37.7 Å². The highest BCUT2D eigenvalue weighted by Crippen LogP contribution is 2.13. The lowest BCUT2D eigenvalue weighted by atomic mass is 9.93. The molecule has 0 amide bonds. The summed E-state index contributed by atoms with van der Waals surface area (Å²) in [6, 6.07) is 8.94. The zero-order valence-electron chi connectivity index (χ0n) is 11.3. The Bertz CT molecular complexity index is 324. The van der Waals surface area contributed by atoms with Gasteiger partial charge in [-0.2, -0.15) is 0 Å². The highest BCUT2D eigenvalue weighted by Gasteiger charge is 2.12. The fourth-order valence-electron chi connectivity index (χ4n) is 2.00. The van der Waals surface area contributed by atoms with E-state index in [2.05, 4.69) is 38.1 Å². The summed E-state index contributed by atoms with van der Waals surface area (Å²) < 4.78 is 5.09. The largest absolute Gasteiger partial charge is 0.385 e. The third-order valence-corrected chi connectivity index (χ3v) is 3.36. The van der Waals surface area contributed by atoms with E-state index < -0.39 is 0 Å². The van der Waals surface area contributed by atoms with Gasteiger partial charge in [0.2, 0.25) is 0 Å². The van der Waals surface area contributed by atoms with Crippen molar-refractivity contribution in [3.63, 3.8) is 0 Å². The summed E-state index contributed by atoms with van der Waals surface area (Å²) in [4.78, 5) is 0. The molecule has 2 nitrogen and oxygen atoms in total. The maximum absolute atomic E-state index is 6.19. The molecule has 0 aromatic heterocycles. The van der Waals surface area contributed by atoms with Gasteiger partial charge in [0, 0.05) is 19.8 Å².